The highest BCUT2D eigenvalue weighted by atomic mass is 79.9. The first-order valence-electron chi connectivity index (χ1n) is 5.19. The van der Waals surface area contributed by atoms with Crippen LogP contribution >= 0.6 is 15.9 Å². The summed E-state index contributed by atoms with van der Waals surface area (Å²) in [5, 5.41) is 0. The minimum atomic E-state index is -0.634. The maximum absolute atomic E-state index is 11.3. The fourth-order valence-corrected chi connectivity index (χ4v) is 1.46. The van der Waals surface area contributed by atoms with Crippen molar-refractivity contribution in [3.05, 3.63) is 31.5 Å². The van der Waals surface area contributed by atoms with Gasteiger partial charge in [-0.05, 0) is 22.4 Å². The number of unbranched alkanes of at least 4 members (excludes halogenated alkanes) is 1. The third-order valence-electron chi connectivity index (χ3n) is 2.03. The normalized spacial score (nSPS) is 10.2. The summed E-state index contributed by atoms with van der Waals surface area (Å²) in [7, 11) is 0. The van der Waals surface area contributed by atoms with Crippen molar-refractivity contribution in [1.82, 2.24) is 9.55 Å². The van der Waals surface area contributed by atoms with E-state index in [4.69, 9.17) is 4.74 Å². The van der Waals surface area contributed by atoms with Crippen molar-refractivity contribution in [2.24, 2.45) is 0 Å². The molecule has 0 atom stereocenters. The number of rotatable bonds is 5. The van der Waals surface area contributed by atoms with Crippen LogP contribution in [-0.4, -0.2) is 22.1 Å². The summed E-state index contributed by atoms with van der Waals surface area (Å²) in [6.45, 7) is 2.11. The minimum Gasteiger partial charge on any atom is -0.464 e. The van der Waals surface area contributed by atoms with Gasteiger partial charge in [0.15, 0.2) is 0 Å². The highest BCUT2D eigenvalue weighted by molar-refractivity contribution is 9.10. The van der Waals surface area contributed by atoms with Crippen LogP contribution in [0, 0.1) is 0 Å². The number of ether oxygens (including phenoxy) is 1. The molecule has 0 bridgehead atoms. The molecule has 1 aromatic rings. The van der Waals surface area contributed by atoms with Crippen molar-refractivity contribution in [2.45, 2.75) is 26.3 Å². The number of esters is 1. The Morgan fingerprint density at radius 1 is 1.53 bits per heavy atom. The zero-order valence-corrected chi connectivity index (χ0v) is 10.9. The first kappa shape index (κ1) is 13.7. The Bertz CT molecular complexity index is 506. The second-order valence-corrected chi connectivity index (χ2v) is 4.29. The average Bonchev–Trinajstić information content (AvgIpc) is 2.26. The van der Waals surface area contributed by atoms with Crippen molar-refractivity contribution >= 4 is 21.9 Å². The van der Waals surface area contributed by atoms with Crippen molar-refractivity contribution in [1.29, 1.82) is 0 Å². The Morgan fingerprint density at radius 3 is 2.88 bits per heavy atom. The van der Waals surface area contributed by atoms with Crippen molar-refractivity contribution in [2.75, 3.05) is 6.61 Å². The zero-order valence-electron chi connectivity index (χ0n) is 9.36. The van der Waals surface area contributed by atoms with Gasteiger partial charge in [-0.2, -0.15) is 0 Å². The zero-order chi connectivity index (χ0) is 12.8. The van der Waals surface area contributed by atoms with Gasteiger partial charge < -0.3 is 4.74 Å². The van der Waals surface area contributed by atoms with Crippen LogP contribution in [0.5, 0.6) is 0 Å². The summed E-state index contributed by atoms with van der Waals surface area (Å²) in [4.78, 5) is 35.8. The third kappa shape index (κ3) is 4.18. The number of carbonyl (C=O) groups excluding carboxylic acids is 1. The predicted octanol–water partition coefficient (Wildman–Crippen LogP) is 0.642. The summed E-state index contributed by atoms with van der Waals surface area (Å²) >= 11 is 2.98. The molecule has 1 rings (SSSR count). The molecular weight excluding hydrogens is 292 g/mol. The number of hydrogen-bond donors (Lipinski definition) is 1. The molecule has 0 amide bonds. The van der Waals surface area contributed by atoms with E-state index in [9.17, 15) is 14.4 Å². The molecule has 94 valence electrons. The van der Waals surface area contributed by atoms with Crippen LogP contribution in [0.2, 0.25) is 0 Å². The van der Waals surface area contributed by atoms with Crippen LogP contribution in [0.25, 0.3) is 0 Å². The van der Waals surface area contributed by atoms with Gasteiger partial charge in [0.1, 0.15) is 6.54 Å². The highest BCUT2D eigenvalue weighted by Gasteiger charge is 2.07. The lowest BCUT2D eigenvalue weighted by Gasteiger charge is -2.06. The maximum Gasteiger partial charge on any atom is 0.328 e. The molecule has 0 aliphatic rings. The van der Waals surface area contributed by atoms with E-state index >= 15 is 0 Å². The standard InChI is InChI=1S/C10H13BrN2O4/c1-2-3-4-17-8(14)6-13-5-7(11)9(15)12-10(13)16/h5H,2-4,6H2,1H3,(H,12,15,16). The molecule has 1 N–H and O–H groups in total. The van der Waals surface area contributed by atoms with Crippen LogP contribution < -0.4 is 11.2 Å². The molecule has 1 aromatic heterocycles. The van der Waals surface area contributed by atoms with E-state index in [0.717, 1.165) is 17.4 Å². The number of carbonyl (C=O) groups is 1. The molecule has 7 heteroatoms. The Hall–Kier alpha value is -1.37. The van der Waals surface area contributed by atoms with Gasteiger partial charge in [-0.15, -0.1) is 0 Å². The predicted molar refractivity (Wildman–Crippen MR) is 64.9 cm³/mol. The molecule has 6 nitrogen and oxygen atoms in total. The van der Waals surface area contributed by atoms with E-state index in [0.29, 0.717) is 6.61 Å². The molecule has 0 saturated carbocycles. The number of aromatic amines is 1. The first-order valence-corrected chi connectivity index (χ1v) is 5.98. The Labute approximate surface area is 106 Å². The fraction of sp³-hybridized carbons (Fsp3) is 0.500. The molecule has 0 aromatic carbocycles. The molecule has 1 heterocycles. The van der Waals surface area contributed by atoms with Crippen molar-refractivity contribution < 1.29 is 9.53 Å². The molecule has 0 radical (unpaired) electrons. The second-order valence-electron chi connectivity index (χ2n) is 3.44. The summed E-state index contributed by atoms with van der Waals surface area (Å²) in [6, 6.07) is 0. The lowest BCUT2D eigenvalue weighted by molar-refractivity contribution is -0.144. The average molecular weight is 305 g/mol. The molecule has 0 unspecified atom stereocenters. The van der Waals surface area contributed by atoms with Gasteiger partial charge in [0.05, 0.1) is 11.1 Å². The van der Waals surface area contributed by atoms with E-state index in [2.05, 4.69) is 20.9 Å². The van der Waals surface area contributed by atoms with E-state index < -0.39 is 17.2 Å². The number of H-pyrrole nitrogens is 1. The third-order valence-corrected chi connectivity index (χ3v) is 2.59. The smallest absolute Gasteiger partial charge is 0.328 e. The second kappa shape index (κ2) is 6.39. The number of nitrogens with zero attached hydrogens (tertiary/aromatic N) is 1. The van der Waals surface area contributed by atoms with Crippen molar-refractivity contribution in [3.63, 3.8) is 0 Å². The molecule has 0 saturated heterocycles. The molecule has 0 fully saturated rings. The van der Waals surface area contributed by atoms with E-state index in [1.54, 1.807) is 0 Å². The minimum absolute atomic E-state index is 0.193. The molecule has 17 heavy (non-hydrogen) atoms. The van der Waals surface area contributed by atoms with E-state index in [1.165, 1.54) is 6.20 Å². The Kier molecular flexibility index (Phi) is 5.14. The lowest BCUT2D eigenvalue weighted by Crippen LogP contribution is -2.32. The van der Waals surface area contributed by atoms with E-state index in [-0.39, 0.29) is 11.0 Å². The van der Waals surface area contributed by atoms with Crippen LogP contribution in [0.4, 0.5) is 0 Å². The van der Waals surface area contributed by atoms with E-state index in [1.807, 2.05) is 6.92 Å². The summed E-state index contributed by atoms with van der Waals surface area (Å²) in [5.41, 5.74) is -1.16. The van der Waals surface area contributed by atoms with Gasteiger partial charge in [-0.1, -0.05) is 13.3 Å². The molecule has 0 aliphatic carbocycles. The van der Waals surface area contributed by atoms with Gasteiger partial charge in [0.25, 0.3) is 5.56 Å². The van der Waals surface area contributed by atoms with Gasteiger partial charge >= 0.3 is 11.7 Å². The topological polar surface area (TPSA) is 81.2 Å². The first-order chi connectivity index (χ1) is 8.04. The van der Waals surface area contributed by atoms with Crippen molar-refractivity contribution in [3.8, 4) is 0 Å². The highest BCUT2D eigenvalue weighted by Crippen LogP contribution is 1.98. The Balaban J connectivity index is 2.69. The number of hydrogen-bond acceptors (Lipinski definition) is 4. The summed E-state index contributed by atoms with van der Waals surface area (Å²) in [6.07, 6.45) is 2.98. The molecule has 0 aliphatic heterocycles. The summed E-state index contributed by atoms with van der Waals surface area (Å²) in [5.74, 6) is -0.500. The Morgan fingerprint density at radius 2 is 2.24 bits per heavy atom. The van der Waals surface area contributed by atoms with Gasteiger partial charge in [-0.3, -0.25) is 19.1 Å². The van der Waals surface area contributed by atoms with Gasteiger partial charge in [-0.25, -0.2) is 4.79 Å². The van der Waals surface area contributed by atoms with Crippen LogP contribution in [0.15, 0.2) is 20.3 Å². The van der Waals surface area contributed by atoms with Crippen LogP contribution in [0.1, 0.15) is 19.8 Å². The van der Waals surface area contributed by atoms with Crippen LogP contribution in [-0.2, 0) is 16.1 Å². The number of nitrogens with one attached hydrogen (secondary N) is 1. The number of aromatic nitrogens is 2. The SMILES string of the molecule is CCCCOC(=O)Cn1cc(Br)c(=O)[nH]c1=O. The largest absolute Gasteiger partial charge is 0.464 e. The number of halogens is 1. The maximum atomic E-state index is 11.3. The van der Waals surface area contributed by atoms with Crippen LogP contribution in [0.3, 0.4) is 0 Å². The van der Waals surface area contributed by atoms with Gasteiger partial charge in [0, 0.05) is 6.20 Å². The monoisotopic (exact) mass is 304 g/mol. The summed E-state index contributed by atoms with van der Waals surface area (Å²) < 4.78 is 6.18. The molecule has 0 spiro atoms. The molecular formula is C10H13BrN2O4. The quantitative estimate of drug-likeness (QED) is 0.639. The van der Waals surface area contributed by atoms with Gasteiger partial charge in [0.2, 0.25) is 0 Å². The fourth-order valence-electron chi connectivity index (χ4n) is 1.12. The lowest BCUT2D eigenvalue weighted by atomic mass is 10.4.